The smallest absolute Gasteiger partial charge is 0.353 e. The van der Waals surface area contributed by atoms with E-state index in [1.165, 1.54) is 18.0 Å². The van der Waals surface area contributed by atoms with E-state index in [4.69, 9.17) is 21.8 Å². The number of benzene rings is 2. The van der Waals surface area contributed by atoms with Crippen LogP contribution < -0.4 is 22.1 Å². The number of hydrazine groups is 1. The second-order valence-corrected chi connectivity index (χ2v) is 5.58. The molecule has 24 heavy (non-hydrogen) atoms. The molecule has 0 radical (unpaired) electrons. The summed E-state index contributed by atoms with van der Waals surface area (Å²) >= 11 is 1.21. The van der Waals surface area contributed by atoms with Gasteiger partial charge in [-0.3, -0.25) is 11.0 Å². The first-order chi connectivity index (χ1) is 11.5. The number of nitrogens with one attached hydrogen (secondary N) is 1. The van der Waals surface area contributed by atoms with Crippen LogP contribution >= 0.6 is 11.9 Å². The lowest BCUT2D eigenvalue weighted by molar-refractivity contribution is -0.132. The van der Waals surface area contributed by atoms with Crippen LogP contribution in [-0.2, 0) is 4.79 Å². The molecule has 0 aliphatic heterocycles. The van der Waals surface area contributed by atoms with Gasteiger partial charge in [0.05, 0.1) is 5.70 Å². The van der Waals surface area contributed by atoms with Crippen molar-refractivity contribution in [2.24, 2.45) is 16.7 Å². The van der Waals surface area contributed by atoms with E-state index in [0.29, 0.717) is 0 Å². The predicted molar refractivity (Wildman–Crippen MR) is 97.1 cm³/mol. The van der Waals surface area contributed by atoms with Crippen LogP contribution in [0.1, 0.15) is 5.56 Å². The van der Waals surface area contributed by atoms with Gasteiger partial charge in [-0.1, -0.05) is 42.5 Å². The molecule has 2 aromatic carbocycles. The average molecular weight is 342 g/mol. The maximum atomic E-state index is 10.8. The molecule has 0 aliphatic carbocycles. The van der Waals surface area contributed by atoms with Crippen LogP contribution in [0.3, 0.4) is 0 Å². The highest BCUT2D eigenvalue weighted by Gasteiger charge is 2.06. The number of carbonyl (C=O) groups is 1. The fraction of sp³-hybridized carbons (Fsp3) is 0. The summed E-state index contributed by atoms with van der Waals surface area (Å²) in [6.07, 6.45) is 3.24. The van der Waals surface area contributed by atoms with Crippen molar-refractivity contribution in [3.05, 3.63) is 71.6 Å². The zero-order chi connectivity index (χ0) is 17.5. The summed E-state index contributed by atoms with van der Waals surface area (Å²) in [5.41, 5.74) is 10.5. The van der Waals surface area contributed by atoms with Gasteiger partial charge in [-0.15, -0.1) is 0 Å². The van der Waals surface area contributed by atoms with E-state index in [9.17, 15) is 4.79 Å². The topological polar surface area (TPSA) is 127 Å². The number of aliphatic carboxylic acids is 1. The summed E-state index contributed by atoms with van der Waals surface area (Å²) in [6, 6.07) is 15.7. The quantitative estimate of drug-likeness (QED) is 0.179. The van der Waals surface area contributed by atoms with Crippen LogP contribution in [0.4, 0.5) is 0 Å². The number of carboxylic acid groups (broad SMARTS) is 1. The van der Waals surface area contributed by atoms with Crippen molar-refractivity contribution in [2.75, 3.05) is 0 Å². The summed E-state index contributed by atoms with van der Waals surface area (Å²) in [4.78, 5) is 11.8. The summed E-state index contributed by atoms with van der Waals surface area (Å²) in [6.45, 7) is 0. The third-order valence-electron chi connectivity index (χ3n) is 3.35. The molecule has 0 bridgehead atoms. The third kappa shape index (κ3) is 4.39. The van der Waals surface area contributed by atoms with Crippen LogP contribution in [0.5, 0.6) is 0 Å². The highest BCUT2D eigenvalue weighted by molar-refractivity contribution is 7.97. The zero-order valence-electron chi connectivity index (χ0n) is 12.8. The van der Waals surface area contributed by atoms with Gasteiger partial charge in [0.2, 0.25) is 0 Å². The first kappa shape index (κ1) is 17.6. The summed E-state index contributed by atoms with van der Waals surface area (Å²) in [5.74, 6) is 4.05. The number of allylic oxidation sites excluding steroid dienone is 1. The highest BCUT2D eigenvalue weighted by Crippen LogP contribution is 2.23. The lowest BCUT2D eigenvalue weighted by atomic mass is 10.0. The normalized spacial score (nSPS) is 12.1. The Kier molecular flexibility index (Phi) is 6.02. The van der Waals surface area contributed by atoms with Gasteiger partial charge in [-0.2, -0.15) is 0 Å². The van der Waals surface area contributed by atoms with E-state index in [0.717, 1.165) is 21.6 Å². The first-order valence-corrected chi connectivity index (χ1v) is 7.88. The monoisotopic (exact) mass is 342 g/mol. The van der Waals surface area contributed by atoms with Gasteiger partial charge in [0, 0.05) is 4.90 Å². The number of rotatable bonds is 6. The van der Waals surface area contributed by atoms with Gasteiger partial charge in [0.15, 0.2) is 0 Å². The molecule has 0 fully saturated rings. The van der Waals surface area contributed by atoms with Crippen molar-refractivity contribution in [3.63, 3.8) is 0 Å². The Morgan fingerprint density at radius 1 is 1.04 bits per heavy atom. The Labute approximate surface area is 144 Å². The predicted octanol–water partition coefficient (Wildman–Crippen LogP) is 2.05. The van der Waals surface area contributed by atoms with Crippen LogP contribution in [0.2, 0.25) is 0 Å². The van der Waals surface area contributed by atoms with Crippen molar-refractivity contribution in [1.82, 2.24) is 5.43 Å². The number of carboxylic acids is 1. The second-order valence-electron chi connectivity index (χ2n) is 4.87. The van der Waals surface area contributed by atoms with Crippen molar-refractivity contribution >= 4 is 24.0 Å². The van der Waals surface area contributed by atoms with Crippen LogP contribution in [-0.4, -0.2) is 11.1 Å². The summed E-state index contributed by atoms with van der Waals surface area (Å²) in [5, 5.41) is 14.4. The lowest BCUT2D eigenvalue weighted by Crippen LogP contribution is -2.26. The molecule has 0 atom stereocenters. The number of hydrogen-bond acceptors (Lipinski definition) is 6. The SMILES string of the molecule is NNC(/C=C/c1ccc(-c2ccc(SN)cc2)cc1)=C(\N)C(=O)O. The standard InChI is InChI=1S/C17H18N4O2S/c18-16(17(22)23)15(21-19)10-3-11-1-4-12(5-2-11)13-6-8-14(24-20)9-7-13/h1-10,21H,18-20H2,(H,22,23)/b10-3+,16-15-. The molecular formula is C17H18N4O2S. The molecule has 0 aromatic heterocycles. The maximum absolute atomic E-state index is 10.8. The zero-order valence-corrected chi connectivity index (χ0v) is 13.6. The average Bonchev–Trinajstić information content (AvgIpc) is 2.62. The van der Waals surface area contributed by atoms with Gasteiger partial charge >= 0.3 is 5.97 Å². The van der Waals surface area contributed by atoms with Gasteiger partial charge < -0.3 is 16.3 Å². The van der Waals surface area contributed by atoms with E-state index in [1.54, 1.807) is 6.08 Å². The third-order valence-corrected chi connectivity index (χ3v) is 3.90. The summed E-state index contributed by atoms with van der Waals surface area (Å²) < 4.78 is 0. The Morgan fingerprint density at radius 2 is 1.58 bits per heavy atom. The molecule has 0 unspecified atom stereocenters. The molecule has 0 saturated heterocycles. The lowest BCUT2D eigenvalue weighted by Gasteiger charge is -2.05. The van der Waals surface area contributed by atoms with Gasteiger partial charge in [0.1, 0.15) is 5.70 Å². The van der Waals surface area contributed by atoms with Crippen LogP contribution in [0.15, 0.2) is 70.9 Å². The fourth-order valence-corrected chi connectivity index (χ4v) is 2.32. The molecule has 8 N–H and O–H groups in total. The van der Waals surface area contributed by atoms with E-state index >= 15 is 0 Å². The summed E-state index contributed by atoms with van der Waals surface area (Å²) in [7, 11) is 0. The molecular weight excluding hydrogens is 324 g/mol. The highest BCUT2D eigenvalue weighted by atomic mass is 32.2. The Morgan fingerprint density at radius 3 is 2.04 bits per heavy atom. The molecule has 0 heterocycles. The molecule has 2 aromatic rings. The van der Waals surface area contributed by atoms with Crippen molar-refractivity contribution in [1.29, 1.82) is 0 Å². The van der Waals surface area contributed by atoms with Crippen molar-refractivity contribution in [2.45, 2.75) is 4.90 Å². The Balaban J connectivity index is 2.18. The molecule has 124 valence electrons. The van der Waals surface area contributed by atoms with Crippen molar-refractivity contribution in [3.8, 4) is 11.1 Å². The Bertz CT molecular complexity index is 768. The molecule has 6 nitrogen and oxygen atoms in total. The van der Waals surface area contributed by atoms with E-state index in [1.807, 2.05) is 48.5 Å². The van der Waals surface area contributed by atoms with Gasteiger partial charge in [0.25, 0.3) is 0 Å². The largest absolute Gasteiger partial charge is 0.477 e. The maximum Gasteiger partial charge on any atom is 0.353 e. The number of nitrogens with two attached hydrogens (primary N) is 3. The van der Waals surface area contributed by atoms with Crippen molar-refractivity contribution < 1.29 is 9.90 Å². The minimum atomic E-state index is -1.23. The first-order valence-electron chi connectivity index (χ1n) is 7.00. The molecule has 7 heteroatoms. The molecule has 2 rings (SSSR count). The van der Waals surface area contributed by atoms with E-state index in [-0.39, 0.29) is 11.4 Å². The minimum Gasteiger partial charge on any atom is -0.477 e. The fourth-order valence-electron chi connectivity index (χ4n) is 2.02. The molecule has 0 spiro atoms. The molecule has 0 saturated carbocycles. The Hall–Kier alpha value is -2.74. The minimum absolute atomic E-state index is 0.140. The second kappa shape index (κ2) is 8.21. The van der Waals surface area contributed by atoms with E-state index in [2.05, 4.69) is 5.43 Å². The molecule has 0 amide bonds. The van der Waals surface area contributed by atoms with Crippen LogP contribution in [0.25, 0.3) is 17.2 Å². The number of hydrogen-bond donors (Lipinski definition) is 5. The molecule has 0 aliphatic rings. The van der Waals surface area contributed by atoms with E-state index < -0.39 is 5.97 Å². The van der Waals surface area contributed by atoms with Gasteiger partial charge in [-0.25, -0.2) is 4.79 Å². The van der Waals surface area contributed by atoms with Crippen LogP contribution in [0, 0.1) is 0 Å². The van der Waals surface area contributed by atoms with Gasteiger partial charge in [-0.05, 0) is 46.8 Å².